The van der Waals surface area contributed by atoms with Crippen molar-refractivity contribution in [3.63, 3.8) is 0 Å². The number of hydrogen-bond donors (Lipinski definition) is 0. The fourth-order valence-electron chi connectivity index (χ4n) is 0.746. The topological polar surface area (TPSA) is 35.5 Å². The van der Waals surface area contributed by atoms with Gasteiger partial charge in [-0.2, -0.15) is 0 Å². The van der Waals surface area contributed by atoms with Gasteiger partial charge in [0.25, 0.3) is 0 Å². The van der Waals surface area contributed by atoms with Gasteiger partial charge in [0.2, 0.25) is 0 Å². The molecular weight excluding hydrogens is 429 g/mol. The summed E-state index contributed by atoms with van der Waals surface area (Å²) in [5.74, 6) is 0. The summed E-state index contributed by atoms with van der Waals surface area (Å²) in [6, 6.07) is 0. The zero-order chi connectivity index (χ0) is 10.6. The first kappa shape index (κ1) is 15.6. The van der Waals surface area contributed by atoms with E-state index in [1.54, 1.807) is 0 Å². The van der Waals surface area contributed by atoms with E-state index in [0.29, 0.717) is 13.2 Å². The van der Waals surface area contributed by atoms with Gasteiger partial charge < -0.3 is 9.05 Å². The van der Waals surface area contributed by atoms with Crippen LogP contribution in [-0.4, -0.2) is 22.1 Å². The van der Waals surface area contributed by atoms with Crippen molar-refractivity contribution < 1.29 is 13.6 Å². The number of rotatable bonds is 10. The molecule has 0 amide bonds. The lowest BCUT2D eigenvalue weighted by Gasteiger charge is -2.04. The summed E-state index contributed by atoms with van der Waals surface area (Å²) in [4.78, 5) is 0. The molecule has 0 atom stereocenters. The predicted molar refractivity (Wildman–Crippen MR) is 77.1 cm³/mol. The van der Waals surface area contributed by atoms with Gasteiger partial charge in [0.15, 0.2) is 0 Å². The summed E-state index contributed by atoms with van der Waals surface area (Å²) in [6.45, 7) is 1.13. The van der Waals surface area contributed by atoms with E-state index in [1.807, 2.05) is 0 Å². The Kier molecular flexibility index (Phi) is 14.1. The zero-order valence-electron chi connectivity index (χ0n) is 8.14. The first-order valence-electron chi connectivity index (χ1n) is 4.72. The van der Waals surface area contributed by atoms with Gasteiger partial charge in [-0.1, -0.05) is 45.2 Å². The predicted octanol–water partition coefficient (Wildman–Crippen LogP) is 3.84. The number of halogens is 2. The molecule has 6 heteroatoms. The van der Waals surface area contributed by atoms with Crippen molar-refractivity contribution >= 4 is 53.4 Å². The van der Waals surface area contributed by atoms with Crippen LogP contribution in [0.1, 0.15) is 25.7 Å². The molecule has 0 fully saturated rings. The third-order valence-corrected chi connectivity index (χ3v) is 3.90. The maximum Gasteiger partial charge on any atom is 0.319 e. The number of unbranched alkanes of at least 4 members (excludes halogenated alkanes) is 2. The molecule has 0 aromatic heterocycles. The van der Waals surface area contributed by atoms with Gasteiger partial charge in [-0.25, -0.2) is 0 Å². The molecule has 0 N–H and O–H groups in total. The zero-order valence-corrected chi connectivity index (χ0v) is 13.5. The van der Waals surface area contributed by atoms with Gasteiger partial charge in [-0.3, -0.25) is 4.57 Å². The van der Waals surface area contributed by atoms with Crippen molar-refractivity contribution in [2.45, 2.75) is 25.7 Å². The monoisotopic (exact) mass is 446 g/mol. The van der Waals surface area contributed by atoms with Gasteiger partial charge in [0.1, 0.15) is 0 Å². The molecule has 0 radical (unpaired) electrons. The lowest BCUT2D eigenvalue weighted by atomic mass is 10.4. The largest absolute Gasteiger partial charge is 0.319 e. The van der Waals surface area contributed by atoms with E-state index in [-0.39, 0.29) is 0 Å². The van der Waals surface area contributed by atoms with Crippen molar-refractivity contribution in [1.29, 1.82) is 0 Å². The second-order valence-corrected chi connectivity index (χ2v) is 5.97. The number of alkyl halides is 2. The first-order chi connectivity index (χ1) is 6.81. The maximum absolute atomic E-state index is 11.1. The highest BCUT2D eigenvalue weighted by Gasteiger charge is 1.98. The molecule has 0 rings (SSSR count). The van der Waals surface area contributed by atoms with Crippen LogP contribution in [0.3, 0.4) is 0 Å². The lowest BCUT2D eigenvalue weighted by molar-refractivity contribution is 0.221. The Hall–Kier alpha value is 1.61. The molecule has 0 saturated carbocycles. The van der Waals surface area contributed by atoms with E-state index in [4.69, 9.17) is 9.05 Å². The van der Waals surface area contributed by atoms with Crippen LogP contribution in [0.5, 0.6) is 0 Å². The minimum absolute atomic E-state index is 0.563. The Balaban J connectivity index is 3.11. The molecule has 0 saturated heterocycles. The van der Waals surface area contributed by atoms with E-state index in [9.17, 15) is 4.57 Å². The van der Waals surface area contributed by atoms with Crippen LogP contribution in [0.4, 0.5) is 0 Å². The Morgan fingerprint density at radius 1 is 0.857 bits per heavy atom. The molecule has 14 heavy (non-hydrogen) atoms. The summed E-state index contributed by atoms with van der Waals surface area (Å²) in [6.07, 6.45) is 4.17. The molecule has 0 heterocycles. The first-order valence-corrected chi connectivity index (χ1v) is 9.00. The Labute approximate surface area is 114 Å². The highest BCUT2D eigenvalue weighted by Crippen LogP contribution is 2.24. The van der Waals surface area contributed by atoms with Crippen LogP contribution in [0.25, 0.3) is 0 Å². The third-order valence-electron chi connectivity index (χ3n) is 1.50. The van der Waals surface area contributed by atoms with E-state index in [0.717, 1.165) is 34.5 Å². The van der Waals surface area contributed by atoms with E-state index >= 15 is 0 Å². The number of hydrogen-bond acceptors (Lipinski definition) is 3. The smallest absolute Gasteiger partial charge is 0.311 e. The van der Waals surface area contributed by atoms with Crippen LogP contribution < -0.4 is 0 Å². The van der Waals surface area contributed by atoms with Crippen molar-refractivity contribution in [3.05, 3.63) is 0 Å². The second kappa shape index (κ2) is 12.7. The van der Waals surface area contributed by atoms with Crippen LogP contribution in [-0.2, 0) is 13.6 Å². The fraction of sp³-hybridized carbons (Fsp3) is 1.00. The van der Waals surface area contributed by atoms with Crippen molar-refractivity contribution in [2.75, 3.05) is 22.1 Å². The summed E-state index contributed by atoms with van der Waals surface area (Å²) in [5, 5.41) is 0. The van der Waals surface area contributed by atoms with E-state index in [1.165, 1.54) is 0 Å². The van der Waals surface area contributed by atoms with Gasteiger partial charge in [0.05, 0.1) is 13.2 Å². The highest BCUT2D eigenvalue weighted by atomic mass is 127. The van der Waals surface area contributed by atoms with E-state index in [2.05, 4.69) is 45.2 Å². The lowest BCUT2D eigenvalue weighted by Crippen LogP contribution is -1.92. The van der Waals surface area contributed by atoms with Gasteiger partial charge in [0, 0.05) is 0 Å². The van der Waals surface area contributed by atoms with Gasteiger partial charge >= 0.3 is 8.25 Å². The Morgan fingerprint density at radius 2 is 1.29 bits per heavy atom. The molecule has 0 aliphatic heterocycles. The van der Waals surface area contributed by atoms with E-state index < -0.39 is 8.25 Å². The molecule has 0 bridgehead atoms. The average molecular weight is 446 g/mol. The summed E-state index contributed by atoms with van der Waals surface area (Å²) < 4.78 is 23.4. The molecule has 0 unspecified atom stereocenters. The average Bonchev–Trinajstić information content (AvgIpc) is 2.19. The molecule has 86 valence electrons. The van der Waals surface area contributed by atoms with Crippen molar-refractivity contribution in [1.82, 2.24) is 0 Å². The summed E-state index contributed by atoms with van der Waals surface area (Å²) in [5.41, 5.74) is 0. The molecule has 0 spiro atoms. The normalized spacial score (nSPS) is 11.1. The fourth-order valence-corrected chi connectivity index (χ4v) is 2.53. The van der Waals surface area contributed by atoms with Crippen LogP contribution in [0.15, 0.2) is 0 Å². The van der Waals surface area contributed by atoms with Gasteiger partial charge in [-0.15, -0.1) is 0 Å². The van der Waals surface area contributed by atoms with Crippen molar-refractivity contribution in [2.24, 2.45) is 0 Å². The standard InChI is InChI=1S/C8H17I2O3P/c9-5-1-3-7-12-14(11)13-8-4-2-6-10/h14H,1-8H2. The molecule has 0 aliphatic carbocycles. The molecule has 0 aliphatic rings. The van der Waals surface area contributed by atoms with Crippen molar-refractivity contribution in [3.8, 4) is 0 Å². The Bertz CT molecular complexity index is 133. The summed E-state index contributed by atoms with van der Waals surface area (Å²) in [7, 11) is -2.21. The highest BCUT2D eigenvalue weighted by molar-refractivity contribution is 14.1. The molecule has 0 aromatic carbocycles. The quantitative estimate of drug-likeness (QED) is 0.222. The molecular formula is C8H17I2O3P. The van der Waals surface area contributed by atoms with Crippen LogP contribution in [0.2, 0.25) is 0 Å². The molecule has 0 aromatic rings. The SMILES string of the molecule is O=[PH](OCCCCI)OCCCCI. The second-order valence-electron chi connectivity index (χ2n) is 2.74. The van der Waals surface area contributed by atoms with Gasteiger partial charge in [-0.05, 0) is 34.5 Å². The Morgan fingerprint density at radius 3 is 1.64 bits per heavy atom. The minimum atomic E-state index is -2.21. The molecule has 3 nitrogen and oxygen atoms in total. The summed E-state index contributed by atoms with van der Waals surface area (Å²) >= 11 is 4.64. The third kappa shape index (κ3) is 11.7. The van der Waals surface area contributed by atoms with Crippen LogP contribution in [0, 0.1) is 0 Å². The maximum atomic E-state index is 11.1. The van der Waals surface area contributed by atoms with Crippen LogP contribution >= 0.6 is 53.4 Å². The minimum Gasteiger partial charge on any atom is -0.311 e.